The van der Waals surface area contributed by atoms with Gasteiger partial charge in [0.2, 0.25) is 15.9 Å². The lowest BCUT2D eigenvalue weighted by Crippen LogP contribution is -2.41. The molecule has 0 saturated carbocycles. The second-order valence-electron chi connectivity index (χ2n) is 7.13. The molecule has 0 spiro atoms. The van der Waals surface area contributed by atoms with Gasteiger partial charge in [0.25, 0.3) is 0 Å². The SMILES string of the molecule is O=C(Nc1ccc(F)c(F)c1)C1CCN(S(=O)(=O)c2cccc3cccnc23)CC1. The van der Waals surface area contributed by atoms with Crippen LogP contribution in [0.5, 0.6) is 0 Å². The van der Waals surface area contributed by atoms with Gasteiger partial charge >= 0.3 is 0 Å². The van der Waals surface area contributed by atoms with Crippen LogP contribution in [0.1, 0.15) is 12.8 Å². The van der Waals surface area contributed by atoms with Crippen molar-refractivity contribution in [3.8, 4) is 0 Å². The van der Waals surface area contributed by atoms with E-state index in [9.17, 15) is 22.0 Å². The summed E-state index contributed by atoms with van der Waals surface area (Å²) in [5.41, 5.74) is 0.578. The number of aromatic nitrogens is 1. The third kappa shape index (κ3) is 3.90. The Bertz CT molecular complexity index is 1200. The summed E-state index contributed by atoms with van der Waals surface area (Å²) in [6.07, 6.45) is 2.20. The van der Waals surface area contributed by atoms with Gasteiger partial charge < -0.3 is 5.32 Å². The van der Waals surface area contributed by atoms with Crippen molar-refractivity contribution in [2.24, 2.45) is 5.92 Å². The second-order valence-corrected chi connectivity index (χ2v) is 9.03. The van der Waals surface area contributed by atoms with E-state index in [1.165, 1.54) is 16.4 Å². The minimum atomic E-state index is -3.76. The molecular weight excluding hydrogens is 412 g/mol. The number of hydrogen-bond acceptors (Lipinski definition) is 4. The standard InChI is InChI=1S/C21H19F2N3O3S/c22-17-7-6-16(13-18(17)23)25-21(27)15-8-11-26(12-9-15)30(28,29)19-5-1-3-14-4-2-10-24-20(14)19/h1-7,10,13,15H,8-9,11-12H2,(H,25,27). The van der Waals surface area contributed by atoms with Crippen molar-refractivity contribution < 1.29 is 22.0 Å². The number of anilines is 1. The topological polar surface area (TPSA) is 79.4 Å². The van der Waals surface area contributed by atoms with E-state index >= 15 is 0 Å². The minimum absolute atomic E-state index is 0.144. The van der Waals surface area contributed by atoms with Gasteiger partial charge in [-0.25, -0.2) is 17.2 Å². The molecule has 0 unspecified atom stereocenters. The molecule has 1 N–H and O–H groups in total. The molecule has 1 amide bonds. The second kappa shape index (κ2) is 8.08. The van der Waals surface area contributed by atoms with Gasteiger partial charge in [-0.15, -0.1) is 0 Å². The summed E-state index contributed by atoms with van der Waals surface area (Å²) in [6.45, 7) is 0.364. The van der Waals surface area contributed by atoms with Crippen molar-refractivity contribution >= 4 is 32.5 Å². The van der Waals surface area contributed by atoms with Crippen molar-refractivity contribution in [3.63, 3.8) is 0 Å². The lowest BCUT2D eigenvalue weighted by Gasteiger charge is -2.30. The third-order valence-electron chi connectivity index (χ3n) is 5.23. The molecule has 1 saturated heterocycles. The van der Waals surface area contributed by atoms with Crippen LogP contribution >= 0.6 is 0 Å². The van der Waals surface area contributed by atoms with E-state index in [4.69, 9.17) is 0 Å². The summed E-state index contributed by atoms with van der Waals surface area (Å²) >= 11 is 0. The van der Waals surface area contributed by atoms with Crippen LogP contribution in [0.2, 0.25) is 0 Å². The highest BCUT2D eigenvalue weighted by atomic mass is 32.2. The first-order chi connectivity index (χ1) is 14.4. The van der Waals surface area contributed by atoms with Crippen molar-refractivity contribution in [2.75, 3.05) is 18.4 Å². The Morgan fingerprint density at radius 2 is 1.77 bits per heavy atom. The molecule has 2 aromatic carbocycles. The van der Waals surface area contributed by atoms with E-state index < -0.39 is 27.6 Å². The molecular formula is C21H19F2N3O3S. The van der Waals surface area contributed by atoms with Gasteiger partial charge in [0.15, 0.2) is 11.6 Å². The van der Waals surface area contributed by atoms with Crippen molar-refractivity contribution in [1.29, 1.82) is 0 Å². The zero-order valence-electron chi connectivity index (χ0n) is 15.9. The van der Waals surface area contributed by atoms with E-state index in [0.717, 1.165) is 17.5 Å². The molecule has 0 bridgehead atoms. The Hall–Kier alpha value is -2.91. The van der Waals surface area contributed by atoms with Crippen LogP contribution in [-0.4, -0.2) is 36.7 Å². The molecule has 9 heteroatoms. The van der Waals surface area contributed by atoms with Crippen molar-refractivity contribution in [2.45, 2.75) is 17.7 Å². The van der Waals surface area contributed by atoms with Gasteiger partial charge in [-0.2, -0.15) is 4.31 Å². The number of sulfonamides is 1. The molecule has 0 aliphatic carbocycles. The largest absolute Gasteiger partial charge is 0.326 e. The number of nitrogens with one attached hydrogen (secondary N) is 1. The number of fused-ring (bicyclic) bond motifs is 1. The highest BCUT2D eigenvalue weighted by molar-refractivity contribution is 7.89. The molecule has 1 aromatic heterocycles. The lowest BCUT2D eigenvalue weighted by molar-refractivity contribution is -0.120. The summed E-state index contributed by atoms with van der Waals surface area (Å²) in [5.74, 6) is -2.80. The van der Waals surface area contributed by atoms with E-state index in [1.54, 1.807) is 30.5 Å². The highest BCUT2D eigenvalue weighted by Crippen LogP contribution is 2.28. The maximum atomic E-state index is 13.3. The Labute approximate surface area is 172 Å². The number of benzene rings is 2. The summed E-state index contributed by atoms with van der Waals surface area (Å²) in [4.78, 5) is 16.8. The number of pyridine rings is 1. The maximum absolute atomic E-state index is 13.3. The zero-order valence-corrected chi connectivity index (χ0v) is 16.7. The lowest BCUT2D eigenvalue weighted by atomic mass is 9.97. The fraction of sp³-hybridized carbons (Fsp3) is 0.238. The maximum Gasteiger partial charge on any atom is 0.245 e. The first-order valence-corrected chi connectivity index (χ1v) is 10.9. The Morgan fingerprint density at radius 1 is 1.03 bits per heavy atom. The molecule has 156 valence electrons. The predicted octanol–water partition coefficient (Wildman–Crippen LogP) is 3.55. The molecule has 0 radical (unpaired) electrons. The summed E-state index contributed by atoms with van der Waals surface area (Å²) in [7, 11) is -3.76. The van der Waals surface area contributed by atoms with Crippen LogP contribution in [0.25, 0.3) is 10.9 Å². The van der Waals surface area contributed by atoms with E-state index in [-0.39, 0.29) is 29.6 Å². The normalized spacial score (nSPS) is 15.9. The van der Waals surface area contributed by atoms with Crippen LogP contribution in [-0.2, 0) is 14.8 Å². The monoisotopic (exact) mass is 431 g/mol. The van der Waals surface area contributed by atoms with Crippen LogP contribution < -0.4 is 5.32 Å². The number of hydrogen-bond donors (Lipinski definition) is 1. The molecule has 1 fully saturated rings. The molecule has 6 nitrogen and oxygen atoms in total. The fourth-order valence-corrected chi connectivity index (χ4v) is 5.24. The van der Waals surface area contributed by atoms with Gasteiger partial charge in [0, 0.05) is 42.3 Å². The van der Waals surface area contributed by atoms with Crippen molar-refractivity contribution in [3.05, 3.63) is 66.4 Å². The average Bonchev–Trinajstić information content (AvgIpc) is 2.76. The Kier molecular flexibility index (Phi) is 5.48. The summed E-state index contributed by atoms with van der Waals surface area (Å²) in [6, 6.07) is 11.7. The molecule has 2 heterocycles. The van der Waals surface area contributed by atoms with Crippen LogP contribution in [0.4, 0.5) is 14.5 Å². The molecule has 3 aromatic rings. The minimum Gasteiger partial charge on any atom is -0.326 e. The van der Waals surface area contributed by atoms with Gasteiger partial charge in [0.05, 0.1) is 5.52 Å². The number of amides is 1. The van der Waals surface area contributed by atoms with Crippen molar-refractivity contribution in [1.82, 2.24) is 9.29 Å². The van der Waals surface area contributed by atoms with Crippen LogP contribution in [0, 0.1) is 17.6 Å². The quantitative estimate of drug-likeness (QED) is 0.685. The number of piperidine rings is 1. The van der Waals surface area contributed by atoms with E-state index in [0.29, 0.717) is 18.4 Å². The number of para-hydroxylation sites is 1. The summed E-state index contributed by atoms with van der Waals surface area (Å²) < 4.78 is 54.0. The van der Waals surface area contributed by atoms with Crippen LogP contribution in [0.3, 0.4) is 0 Å². The average molecular weight is 431 g/mol. The smallest absolute Gasteiger partial charge is 0.245 e. The van der Waals surface area contributed by atoms with E-state index in [1.807, 2.05) is 0 Å². The summed E-state index contributed by atoms with van der Waals surface area (Å²) in [5, 5.41) is 3.30. The van der Waals surface area contributed by atoms with Gasteiger partial charge in [-0.3, -0.25) is 9.78 Å². The number of rotatable bonds is 4. The molecule has 30 heavy (non-hydrogen) atoms. The molecule has 1 aliphatic heterocycles. The Morgan fingerprint density at radius 3 is 2.50 bits per heavy atom. The number of nitrogens with zero attached hydrogens (tertiary/aromatic N) is 2. The van der Waals surface area contributed by atoms with Gasteiger partial charge in [-0.1, -0.05) is 18.2 Å². The molecule has 1 aliphatic rings. The predicted molar refractivity (Wildman–Crippen MR) is 108 cm³/mol. The van der Waals surface area contributed by atoms with Gasteiger partial charge in [0.1, 0.15) is 4.90 Å². The fourth-order valence-electron chi connectivity index (χ4n) is 3.60. The number of carbonyl (C=O) groups is 1. The molecule has 4 rings (SSSR count). The van der Waals surface area contributed by atoms with Gasteiger partial charge in [-0.05, 0) is 37.1 Å². The third-order valence-corrected chi connectivity index (χ3v) is 7.16. The zero-order chi connectivity index (χ0) is 21.3. The first kappa shape index (κ1) is 20.4. The molecule has 0 atom stereocenters. The van der Waals surface area contributed by atoms with Crippen LogP contribution in [0.15, 0.2) is 59.6 Å². The number of carbonyl (C=O) groups excluding carboxylic acids is 1. The highest BCUT2D eigenvalue weighted by Gasteiger charge is 2.33. The number of halogens is 2. The van der Waals surface area contributed by atoms with E-state index in [2.05, 4.69) is 10.3 Å². The Balaban J connectivity index is 1.46. The first-order valence-electron chi connectivity index (χ1n) is 9.46.